The quantitative estimate of drug-likeness (QED) is 0.417. The van der Waals surface area contributed by atoms with Gasteiger partial charge < -0.3 is 14.2 Å². The van der Waals surface area contributed by atoms with Crippen LogP contribution in [-0.4, -0.2) is 39.6 Å². The fraction of sp³-hybridized carbons (Fsp3) is 0.250. The zero-order valence-electron chi connectivity index (χ0n) is 15.2. The zero-order chi connectivity index (χ0) is 19.5. The van der Waals surface area contributed by atoms with Crippen LogP contribution in [0.1, 0.15) is 17.0 Å². The van der Waals surface area contributed by atoms with Crippen LogP contribution in [0.3, 0.4) is 0 Å². The number of nitrogens with one attached hydrogen (secondary N) is 1. The molecule has 0 fully saturated rings. The second kappa shape index (κ2) is 10.6. The van der Waals surface area contributed by atoms with Gasteiger partial charge in [0.2, 0.25) is 0 Å². The Morgan fingerprint density at radius 1 is 1.19 bits per heavy atom. The van der Waals surface area contributed by atoms with E-state index in [9.17, 15) is 10.1 Å². The normalized spacial score (nSPS) is 11.6. The molecule has 1 amide bonds. The molecule has 2 aromatic carbocycles. The maximum absolute atomic E-state index is 12.2. The summed E-state index contributed by atoms with van der Waals surface area (Å²) in [6.45, 7) is 0.880. The number of ether oxygens (including phenoxy) is 3. The van der Waals surface area contributed by atoms with Crippen molar-refractivity contribution in [2.45, 2.75) is 5.92 Å². The first-order valence-electron chi connectivity index (χ1n) is 8.27. The summed E-state index contributed by atoms with van der Waals surface area (Å²) in [4.78, 5) is 12.2. The summed E-state index contributed by atoms with van der Waals surface area (Å²) in [6.07, 6.45) is 1.47. The van der Waals surface area contributed by atoms with E-state index in [1.54, 1.807) is 56.7 Å². The summed E-state index contributed by atoms with van der Waals surface area (Å²) in [5, 5.41) is 13.2. The van der Waals surface area contributed by atoms with Gasteiger partial charge in [-0.15, -0.1) is 0 Å². The maximum atomic E-state index is 12.2. The summed E-state index contributed by atoms with van der Waals surface area (Å²) in [7, 11) is 3.14. The Labute approximate surface area is 158 Å². The number of methoxy groups -OCH3 is 2. The Kier molecular flexibility index (Phi) is 7.82. The van der Waals surface area contributed by atoms with Crippen molar-refractivity contribution in [1.29, 1.82) is 5.26 Å². The first-order valence-corrected chi connectivity index (χ1v) is 8.27. The minimum atomic E-state index is -0.922. The fourth-order valence-corrected chi connectivity index (χ4v) is 2.28. The molecule has 7 heteroatoms. The average molecular weight is 367 g/mol. The van der Waals surface area contributed by atoms with Crippen LogP contribution in [0.25, 0.3) is 0 Å². The molecule has 0 radical (unpaired) electrons. The monoisotopic (exact) mass is 367 g/mol. The lowest BCUT2D eigenvalue weighted by molar-refractivity contribution is -0.121. The molecule has 1 atom stereocenters. The summed E-state index contributed by atoms with van der Waals surface area (Å²) >= 11 is 0. The number of benzene rings is 2. The van der Waals surface area contributed by atoms with Gasteiger partial charge in [0, 0.05) is 7.11 Å². The lowest BCUT2D eigenvalue weighted by atomic mass is 10.0. The Morgan fingerprint density at radius 3 is 2.63 bits per heavy atom. The molecule has 0 aliphatic rings. The van der Waals surface area contributed by atoms with E-state index in [1.807, 2.05) is 12.1 Å². The number of nitriles is 1. The molecule has 7 nitrogen and oxygen atoms in total. The van der Waals surface area contributed by atoms with Gasteiger partial charge in [-0.25, -0.2) is 5.43 Å². The average Bonchev–Trinajstić information content (AvgIpc) is 2.70. The van der Waals surface area contributed by atoms with Gasteiger partial charge in [0.15, 0.2) is 17.4 Å². The van der Waals surface area contributed by atoms with Crippen LogP contribution in [0.4, 0.5) is 0 Å². The predicted octanol–water partition coefficient (Wildman–Crippen LogP) is 2.48. The maximum Gasteiger partial charge on any atom is 0.261 e. The molecular weight excluding hydrogens is 346 g/mol. The molecule has 140 valence electrons. The number of amides is 1. The van der Waals surface area contributed by atoms with Crippen molar-refractivity contribution in [2.24, 2.45) is 5.10 Å². The van der Waals surface area contributed by atoms with Crippen LogP contribution < -0.4 is 14.9 Å². The first-order chi connectivity index (χ1) is 13.2. The topological polar surface area (TPSA) is 92.9 Å². The summed E-state index contributed by atoms with van der Waals surface area (Å²) in [5.74, 6) is -0.286. The highest BCUT2D eigenvalue weighted by Crippen LogP contribution is 2.27. The molecule has 0 saturated carbocycles. The van der Waals surface area contributed by atoms with Crippen molar-refractivity contribution in [3.63, 3.8) is 0 Å². The summed E-state index contributed by atoms with van der Waals surface area (Å²) in [5.41, 5.74) is 3.72. The van der Waals surface area contributed by atoms with E-state index in [2.05, 4.69) is 10.5 Å². The predicted molar refractivity (Wildman–Crippen MR) is 101 cm³/mol. The van der Waals surface area contributed by atoms with Gasteiger partial charge in [0.25, 0.3) is 5.91 Å². The van der Waals surface area contributed by atoms with Crippen molar-refractivity contribution in [3.8, 4) is 17.6 Å². The van der Waals surface area contributed by atoms with Crippen LogP contribution in [0, 0.1) is 11.3 Å². The van der Waals surface area contributed by atoms with Gasteiger partial charge in [0.1, 0.15) is 6.61 Å². The third kappa shape index (κ3) is 5.83. The van der Waals surface area contributed by atoms with Crippen LogP contribution >= 0.6 is 0 Å². The van der Waals surface area contributed by atoms with Crippen molar-refractivity contribution in [1.82, 2.24) is 5.43 Å². The first kappa shape index (κ1) is 19.9. The van der Waals surface area contributed by atoms with Crippen molar-refractivity contribution in [3.05, 3.63) is 59.7 Å². The van der Waals surface area contributed by atoms with Gasteiger partial charge in [-0.05, 0) is 29.3 Å². The third-order valence-corrected chi connectivity index (χ3v) is 3.65. The van der Waals surface area contributed by atoms with E-state index in [4.69, 9.17) is 14.2 Å². The molecule has 1 N–H and O–H groups in total. The van der Waals surface area contributed by atoms with Gasteiger partial charge in [0.05, 0.1) is 26.0 Å². The van der Waals surface area contributed by atoms with Crippen LogP contribution in [-0.2, 0) is 9.53 Å². The van der Waals surface area contributed by atoms with E-state index in [1.165, 1.54) is 6.21 Å². The molecule has 0 aromatic heterocycles. The zero-order valence-corrected chi connectivity index (χ0v) is 15.2. The van der Waals surface area contributed by atoms with E-state index < -0.39 is 11.8 Å². The van der Waals surface area contributed by atoms with Crippen LogP contribution in [0.5, 0.6) is 11.5 Å². The smallest absolute Gasteiger partial charge is 0.261 e. The number of rotatable bonds is 9. The van der Waals surface area contributed by atoms with E-state index in [-0.39, 0.29) is 0 Å². The molecular formula is C20H21N3O4. The van der Waals surface area contributed by atoms with Gasteiger partial charge in [-0.3, -0.25) is 4.79 Å². The highest BCUT2D eigenvalue weighted by Gasteiger charge is 2.19. The van der Waals surface area contributed by atoms with Crippen molar-refractivity contribution in [2.75, 3.05) is 27.4 Å². The molecule has 0 aliphatic heterocycles. The molecule has 2 aromatic rings. The Hall–Kier alpha value is -3.37. The summed E-state index contributed by atoms with van der Waals surface area (Å²) < 4.78 is 15.8. The molecule has 0 heterocycles. The Balaban J connectivity index is 2.01. The second-order valence-corrected chi connectivity index (χ2v) is 5.46. The van der Waals surface area contributed by atoms with E-state index in [0.717, 1.165) is 0 Å². The molecule has 0 bridgehead atoms. The van der Waals surface area contributed by atoms with E-state index in [0.29, 0.717) is 35.8 Å². The minimum absolute atomic E-state index is 0.408. The number of hydrogen-bond acceptors (Lipinski definition) is 6. The largest absolute Gasteiger partial charge is 0.493 e. The standard InChI is InChI=1S/C20H21N3O4/c1-25-10-11-27-18-9-8-15(12-19(18)26-2)14-22-23-20(24)17(13-21)16-6-4-3-5-7-16/h3-9,12,14,17H,10-11H2,1-2H3,(H,23,24)/b22-14-/t17-/m0/s1. The lowest BCUT2D eigenvalue weighted by Crippen LogP contribution is -2.24. The molecule has 27 heavy (non-hydrogen) atoms. The lowest BCUT2D eigenvalue weighted by Gasteiger charge is -2.11. The van der Waals surface area contributed by atoms with Crippen molar-refractivity contribution >= 4 is 12.1 Å². The number of hydrogen-bond donors (Lipinski definition) is 1. The molecule has 2 rings (SSSR count). The van der Waals surface area contributed by atoms with Gasteiger partial charge >= 0.3 is 0 Å². The number of nitrogens with zero attached hydrogens (tertiary/aromatic N) is 2. The highest BCUT2D eigenvalue weighted by atomic mass is 16.5. The Bertz CT molecular complexity index is 816. The molecule has 0 unspecified atom stereocenters. The van der Waals surface area contributed by atoms with Crippen molar-refractivity contribution < 1.29 is 19.0 Å². The fourth-order valence-electron chi connectivity index (χ4n) is 2.28. The third-order valence-electron chi connectivity index (χ3n) is 3.65. The Morgan fingerprint density at radius 2 is 1.96 bits per heavy atom. The number of carbonyl (C=O) groups is 1. The SMILES string of the molecule is COCCOc1ccc(/C=N\NC(=O)[C@@H](C#N)c2ccccc2)cc1OC. The van der Waals surface area contributed by atoms with Gasteiger partial charge in [-0.2, -0.15) is 10.4 Å². The van der Waals surface area contributed by atoms with E-state index >= 15 is 0 Å². The summed E-state index contributed by atoms with van der Waals surface area (Å²) in [6, 6.07) is 16.1. The minimum Gasteiger partial charge on any atom is -0.493 e. The van der Waals surface area contributed by atoms with Crippen LogP contribution in [0.15, 0.2) is 53.6 Å². The van der Waals surface area contributed by atoms with Crippen LogP contribution in [0.2, 0.25) is 0 Å². The highest BCUT2D eigenvalue weighted by molar-refractivity contribution is 5.88. The molecule has 0 spiro atoms. The molecule has 0 aliphatic carbocycles. The number of carbonyl (C=O) groups excluding carboxylic acids is 1. The molecule has 0 saturated heterocycles. The van der Waals surface area contributed by atoms with Gasteiger partial charge in [-0.1, -0.05) is 30.3 Å². The number of hydrazone groups is 1. The second-order valence-electron chi connectivity index (χ2n) is 5.46.